The van der Waals surface area contributed by atoms with Crippen molar-refractivity contribution in [2.24, 2.45) is 5.92 Å². The number of benzene rings is 2. The average molecular weight is 496 g/mol. The van der Waals surface area contributed by atoms with Crippen LogP contribution >= 0.6 is 11.8 Å². The molecule has 0 radical (unpaired) electrons. The second-order valence-corrected chi connectivity index (χ2v) is 10.2. The third kappa shape index (κ3) is 5.48. The number of methoxy groups -OCH3 is 1. The molecule has 2 aromatic rings. The van der Waals surface area contributed by atoms with Gasteiger partial charge in [0, 0.05) is 24.5 Å². The molecule has 2 fully saturated rings. The van der Waals surface area contributed by atoms with Gasteiger partial charge in [-0.3, -0.25) is 14.5 Å². The number of carbonyl (C=O) groups is 3. The quantitative estimate of drug-likeness (QED) is 0.446. The van der Waals surface area contributed by atoms with Gasteiger partial charge in [-0.2, -0.15) is 0 Å². The minimum Gasteiger partial charge on any atom is -0.497 e. The van der Waals surface area contributed by atoms with Crippen LogP contribution in [0.3, 0.4) is 0 Å². The van der Waals surface area contributed by atoms with Gasteiger partial charge in [0.1, 0.15) is 11.3 Å². The van der Waals surface area contributed by atoms with E-state index in [4.69, 9.17) is 4.74 Å². The number of hydrogen-bond donors (Lipinski definition) is 1. The van der Waals surface area contributed by atoms with E-state index in [0.717, 1.165) is 16.9 Å². The fourth-order valence-electron chi connectivity index (χ4n) is 4.96. The summed E-state index contributed by atoms with van der Waals surface area (Å²) >= 11 is 1.68. The molecule has 7 nitrogen and oxygen atoms in total. The number of urea groups is 1. The molecule has 2 aliphatic rings. The van der Waals surface area contributed by atoms with Crippen LogP contribution in [0.2, 0.25) is 0 Å². The summed E-state index contributed by atoms with van der Waals surface area (Å²) in [6.07, 6.45) is 4.37. The third-order valence-electron chi connectivity index (χ3n) is 7.26. The second kappa shape index (κ2) is 10.7. The molecule has 0 spiro atoms. The van der Waals surface area contributed by atoms with E-state index >= 15 is 0 Å². The zero-order valence-electron chi connectivity index (χ0n) is 20.6. The van der Waals surface area contributed by atoms with Gasteiger partial charge in [-0.05, 0) is 73.8 Å². The maximum Gasteiger partial charge on any atom is 0.325 e. The van der Waals surface area contributed by atoms with Gasteiger partial charge in [0.25, 0.3) is 5.91 Å². The van der Waals surface area contributed by atoms with Crippen LogP contribution in [0.25, 0.3) is 0 Å². The van der Waals surface area contributed by atoms with Crippen molar-refractivity contribution < 1.29 is 19.1 Å². The first-order valence-corrected chi connectivity index (χ1v) is 13.2. The number of rotatable bonds is 8. The lowest BCUT2D eigenvalue weighted by atomic mass is 9.78. The molecule has 8 heteroatoms. The topological polar surface area (TPSA) is 79.0 Å². The molecule has 0 aliphatic carbocycles. The molecule has 0 unspecified atom stereocenters. The Labute approximate surface area is 211 Å². The molecule has 2 aromatic carbocycles. The summed E-state index contributed by atoms with van der Waals surface area (Å²) in [4.78, 5) is 43.2. The number of nitrogens with zero attached hydrogens (tertiary/aromatic N) is 2. The maximum absolute atomic E-state index is 13.3. The number of piperidine rings is 1. The highest BCUT2D eigenvalue weighted by molar-refractivity contribution is 7.98. The number of carbonyl (C=O) groups excluding carboxylic acids is 3. The SMILES string of the molecule is COc1ccc(CCN2C(=O)N[C@](C)(C3CCN(C(=O)Cc4ccc(SC)cc4)CC3)C2=O)cc1. The van der Waals surface area contributed by atoms with Gasteiger partial charge >= 0.3 is 6.03 Å². The van der Waals surface area contributed by atoms with Crippen molar-refractivity contribution in [3.8, 4) is 5.75 Å². The van der Waals surface area contributed by atoms with Crippen molar-refractivity contribution in [2.75, 3.05) is 33.0 Å². The van der Waals surface area contributed by atoms with Gasteiger partial charge in [0.05, 0.1) is 13.5 Å². The van der Waals surface area contributed by atoms with Crippen molar-refractivity contribution in [3.05, 3.63) is 59.7 Å². The Kier molecular flexibility index (Phi) is 7.69. The predicted molar refractivity (Wildman–Crippen MR) is 137 cm³/mol. The minimum atomic E-state index is -0.931. The standard InChI is InChI=1S/C27H33N3O4S/c1-27(25(32)30(26(33)28-27)17-12-19-4-8-22(34-2)9-5-19)21-13-15-29(16-14-21)24(31)18-20-6-10-23(35-3)11-7-20/h4-11,21H,12-18H2,1-3H3,(H,28,33)/t27-/m1/s1. The summed E-state index contributed by atoms with van der Waals surface area (Å²) in [5, 5.41) is 2.96. The highest BCUT2D eigenvalue weighted by atomic mass is 32.2. The summed E-state index contributed by atoms with van der Waals surface area (Å²) in [5.74, 6) is 0.701. The van der Waals surface area contributed by atoms with E-state index in [0.29, 0.717) is 45.3 Å². The molecule has 2 heterocycles. The van der Waals surface area contributed by atoms with E-state index in [2.05, 4.69) is 5.32 Å². The van der Waals surface area contributed by atoms with Gasteiger partial charge in [-0.1, -0.05) is 24.3 Å². The third-order valence-corrected chi connectivity index (χ3v) is 8.01. The summed E-state index contributed by atoms with van der Waals surface area (Å²) in [6.45, 7) is 3.35. The molecule has 1 N–H and O–H groups in total. The Balaban J connectivity index is 1.31. The summed E-state index contributed by atoms with van der Waals surface area (Å²) < 4.78 is 5.18. The first-order valence-electron chi connectivity index (χ1n) is 12.0. The van der Waals surface area contributed by atoms with Crippen molar-refractivity contribution in [1.82, 2.24) is 15.1 Å². The monoisotopic (exact) mass is 495 g/mol. The van der Waals surface area contributed by atoms with E-state index < -0.39 is 5.54 Å². The molecule has 1 atom stereocenters. The molecule has 2 aliphatic heterocycles. The van der Waals surface area contributed by atoms with E-state index in [1.54, 1.807) is 18.9 Å². The van der Waals surface area contributed by atoms with Crippen LogP contribution in [-0.4, -0.2) is 66.2 Å². The van der Waals surface area contributed by atoms with Crippen molar-refractivity contribution in [3.63, 3.8) is 0 Å². The molecule has 35 heavy (non-hydrogen) atoms. The number of imide groups is 1. The van der Waals surface area contributed by atoms with Crippen molar-refractivity contribution in [1.29, 1.82) is 0 Å². The zero-order chi connectivity index (χ0) is 25.0. The zero-order valence-corrected chi connectivity index (χ0v) is 21.4. The molecule has 2 saturated heterocycles. The van der Waals surface area contributed by atoms with Gasteiger partial charge in [-0.25, -0.2) is 4.79 Å². The molecular formula is C27H33N3O4S. The van der Waals surface area contributed by atoms with Gasteiger partial charge < -0.3 is 15.0 Å². The van der Waals surface area contributed by atoms with Crippen LogP contribution in [0.5, 0.6) is 5.75 Å². The smallest absolute Gasteiger partial charge is 0.325 e. The van der Waals surface area contributed by atoms with E-state index in [-0.39, 0.29) is 23.8 Å². The average Bonchev–Trinajstić information content (AvgIpc) is 3.11. The van der Waals surface area contributed by atoms with Crippen LogP contribution in [0, 0.1) is 5.92 Å². The number of nitrogens with one attached hydrogen (secondary N) is 1. The fourth-order valence-corrected chi connectivity index (χ4v) is 5.37. The number of ether oxygens (including phenoxy) is 1. The number of hydrogen-bond acceptors (Lipinski definition) is 5. The largest absolute Gasteiger partial charge is 0.497 e. The van der Waals surface area contributed by atoms with Gasteiger partial charge in [0.2, 0.25) is 5.91 Å². The number of amides is 4. The second-order valence-electron chi connectivity index (χ2n) is 9.37. The molecule has 0 saturated carbocycles. The number of thioether (sulfide) groups is 1. The lowest BCUT2D eigenvalue weighted by molar-refractivity contribution is -0.135. The highest BCUT2D eigenvalue weighted by Gasteiger charge is 2.52. The molecule has 186 valence electrons. The summed E-state index contributed by atoms with van der Waals surface area (Å²) in [5.41, 5.74) is 1.11. The summed E-state index contributed by atoms with van der Waals surface area (Å²) in [7, 11) is 1.62. The van der Waals surface area contributed by atoms with E-state index in [1.807, 2.05) is 66.6 Å². The Bertz CT molecular complexity index is 1060. The molecule has 4 amide bonds. The minimum absolute atomic E-state index is 0.00477. The van der Waals surface area contributed by atoms with Crippen molar-refractivity contribution >= 4 is 29.6 Å². The van der Waals surface area contributed by atoms with Crippen LogP contribution in [0.1, 0.15) is 30.9 Å². The van der Waals surface area contributed by atoms with Crippen LogP contribution < -0.4 is 10.1 Å². The Morgan fingerprint density at radius 1 is 1.06 bits per heavy atom. The highest BCUT2D eigenvalue weighted by Crippen LogP contribution is 2.33. The van der Waals surface area contributed by atoms with E-state index in [1.165, 1.54) is 9.80 Å². The predicted octanol–water partition coefficient (Wildman–Crippen LogP) is 3.75. The molecular weight excluding hydrogens is 462 g/mol. The number of likely N-dealkylation sites (tertiary alicyclic amines) is 1. The van der Waals surface area contributed by atoms with Crippen LogP contribution in [0.15, 0.2) is 53.4 Å². The normalized spacial score (nSPS) is 20.8. The van der Waals surface area contributed by atoms with Crippen molar-refractivity contribution in [2.45, 2.75) is 43.0 Å². The Hall–Kier alpha value is -3.00. The van der Waals surface area contributed by atoms with Crippen LogP contribution in [-0.2, 0) is 22.4 Å². The molecule has 0 bridgehead atoms. The van der Waals surface area contributed by atoms with E-state index in [9.17, 15) is 14.4 Å². The van der Waals surface area contributed by atoms with Gasteiger partial charge in [-0.15, -0.1) is 11.8 Å². The lowest BCUT2D eigenvalue weighted by Crippen LogP contribution is -2.54. The lowest BCUT2D eigenvalue weighted by Gasteiger charge is -2.39. The summed E-state index contributed by atoms with van der Waals surface area (Å²) in [6, 6.07) is 15.4. The van der Waals surface area contributed by atoms with Crippen LogP contribution in [0.4, 0.5) is 4.79 Å². The first-order chi connectivity index (χ1) is 16.8. The van der Waals surface area contributed by atoms with Gasteiger partial charge in [0.15, 0.2) is 0 Å². The first kappa shape index (κ1) is 25.1. The molecule has 0 aromatic heterocycles. The Morgan fingerprint density at radius 3 is 2.29 bits per heavy atom. The fraction of sp³-hybridized carbons (Fsp3) is 0.444. The Morgan fingerprint density at radius 2 is 1.69 bits per heavy atom. The maximum atomic E-state index is 13.3. The molecule has 4 rings (SSSR count).